The van der Waals surface area contributed by atoms with Crippen LogP contribution in [0.2, 0.25) is 0 Å². The first-order chi connectivity index (χ1) is 15.9. The highest BCUT2D eigenvalue weighted by Crippen LogP contribution is 2.30. The van der Waals surface area contributed by atoms with Gasteiger partial charge in [0.05, 0.1) is 0 Å². The predicted molar refractivity (Wildman–Crippen MR) is 136 cm³/mol. The Morgan fingerprint density at radius 3 is 1.42 bits per heavy atom. The first-order valence-corrected chi connectivity index (χ1v) is 11.0. The molecule has 0 spiro atoms. The largest absolute Gasteiger partial charge is 0.369 e. The maximum atomic E-state index is 11.8. The second-order valence-corrected chi connectivity index (χ2v) is 8.35. The molecule has 0 heterocycles. The zero-order valence-electron chi connectivity index (χ0n) is 19.2. The van der Waals surface area contributed by atoms with Crippen LogP contribution in [0.15, 0.2) is 97.1 Å². The first-order valence-electron chi connectivity index (χ1n) is 11.0. The van der Waals surface area contributed by atoms with Crippen molar-refractivity contribution in [1.29, 1.82) is 0 Å². The number of benzene rings is 4. The van der Waals surface area contributed by atoms with E-state index in [1.807, 2.05) is 98.8 Å². The van der Waals surface area contributed by atoms with Crippen LogP contribution in [0.3, 0.4) is 0 Å². The Labute approximate surface area is 196 Å². The number of aliphatic hydroxyl groups is 1. The lowest BCUT2D eigenvalue weighted by Crippen LogP contribution is -2.25. The third kappa shape index (κ3) is 5.24. The Balaban J connectivity index is 1.77. The summed E-state index contributed by atoms with van der Waals surface area (Å²) >= 11 is 0. The molecule has 0 aromatic heterocycles. The molecule has 0 unspecified atom stereocenters. The summed E-state index contributed by atoms with van der Waals surface area (Å²) in [6.45, 7) is 6.12. The van der Waals surface area contributed by atoms with Crippen LogP contribution in [0.5, 0.6) is 0 Å². The zero-order chi connectivity index (χ0) is 23.3. The van der Waals surface area contributed by atoms with Crippen LogP contribution in [-0.2, 0) is 5.60 Å². The molecule has 33 heavy (non-hydrogen) atoms. The fourth-order valence-corrected chi connectivity index (χ4v) is 3.54. The van der Waals surface area contributed by atoms with Crippen LogP contribution in [0.25, 0.3) is 0 Å². The summed E-state index contributed by atoms with van der Waals surface area (Å²) in [7, 11) is 0. The summed E-state index contributed by atoms with van der Waals surface area (Å²) in [6, 6.07) is 31.7. The van der Waals surface area contributed by atoms with Crippen LogP contribution in [0, 0.1) is 44.5 Å². The summed E-state index contributed by atoms with van der Waals surface area (Å²) in [4.78, 5) is 0. The fourth-order valence-electron chi connectivity index (χ4n) is 3.54. The summed E-state index contributed by atoms with van der Waals surface area (Å²) in [5.41, 5.74) is 6.11. The lowest BCUT2D eigenvalue weighted by Gasteiger charge is -2.24. The molecular formula is C32H26O. The molecular weight excluding hydrogens is 400 g/mol. The maximum Gasteiger partial charge on any atom is 0.177 e. The smallest absolute Gasteiger partial charge is 0.177 e. The number of aryl methyl sites for hydroxylation is 3. The molecule has 0 radical (unpaired) electrons. The number of hydrogen-bond acceptors (Lipinski definition) is 1. The monoisotopic (exact) mass is 426 g/mol. The van der Waals surface area contributed by atoms with E-state index in [1.165, 1.54) is 5.56 Å². The SMILES string of the molecule is Cc1ccc(C#Cc2ccccc2C#CC(O)(c2ccc(C)cc2)c2ccc(C)cc2)cc1. The lowest BCUT2D eigenvalue weighted by molar-refractivity contribution is 0.145. The number of hydrogen-bond donors (Lipinski definition) is 1. The van der Waals surface area contributed by atoms with Crippen molar-refractivity contribution in [2.45, 2.75) is 26.4 Å². The fraction of sp³-hybridized carbons (Fsp3) is 0.125. The zero-order valence-corrected chi connectivity index (χ0v) is 19.2. The van der Waals surface area contributed by atoms with E-state index in [9.17, 15) is 5.11 Å². The van der Waals surface area contributed by atoms with Gasteiger partial charge in [0.25, 0.3) is 0 Å². The van der Waals surface area contributed by atoms with E-state index in [0.717, 1.165) is 38.9 Å². The van der Waals surface area contributed by atoms with Gasteiger partial charge >= 0.3 is 0 Å². The van der Waals surface area contributed by atoms with Gasteiger partial charge in [-0.15, -0.1) is 0 Å². The van der Waals surface area contributed by atoms with Crippen molar-refractivity contribution >= 4 is 0 Å². The molecule has 0 fully saturated rings. The van der Waals surface area contributed by atoms with Crippen molar-refractivity contribution in [3.8, 4) is 23.7 Å². The third-order valence-corrected chi connectivity index (χ3v) is 5.64. The van der Waals surface area contributed by atoms with Gasteiger partial charge in [0.15, 0.2) is 5.60 Å². The van der Waals surface area contributed by atoms with Crippen molar-refractivity contribution in [1.82, 2.24) is 0 Å². The minimum Gasteiger partial charge on any atom is -0.369 e. The molecule has 0 aliphatic rings. The molecule has 4 aromatic rings. The number of rotatable bonds is 2. The third-order valence-electron chi connectivity index (χ3n) is 5.64. The molecule has 0 aliphatic carbocycles. The van der Waals surface area contributed by atoms with Gasteiger partial charge < -0.3 is 5.11 Å². The van der Waals surface area contributed by atoms with E-state index < -0.39 is 5.60 Å². The van der Waals surface area contributed by atoms with Gasteiger partial charge in [-0.25, -0.2) is 0 Å². The molecule has 1 heteroatoms. The summed E-state index contributed by atoms with van der Waals surface area (Å²) in [5, 5.41) is 11.8. The van der Waals surface area contributed by atoms with Crippen molar-refractivity contribution in [2.24, 2.45) is 0 Å². The molecule has 0 atom stereocenters. The molecule has 0 aliphatic heterocycles. The topological polar surface area (TPSA) is 20.2 Å². The molecule has 0 bridgehead atoms. The van der Waals surface area contributed by atoms with E-state index in [2.05, 4.69) is 42.7 Å². The van der Waals surface area contributed by atoms with E-state index in [4.69, 9.17) is 0 Å². The highest BCUT2D eigenvalue weighted by molar-refractivity contribution is 5.55. The summed E-state index contributed by atoms with van der Waals surface area (Å²) in [5.74, 6) is 12.9. The second-order valence-electron chi connectivity index (χ2n) is 8.35. The molecule has 0 saturated carbocycles. The molecule has 1 N–H and O–H groups in total. The Hall–Kier alpha value is -4.04. The molecule has 4 aromatic carbocycles. The average Bonchev–Trinajstić information content (AvgIpc) is 2.83. The van der Waals surface area contributed by atoms with E-state index >= 15 is 0 Å². The van der Waals surface area contributed by atoms with Crippen molar-refractivity contribution in [2.75, 3.05) is 0 Å². The van der Waals surface area contributed by atoms with Gasteiger partial charge in [-0.3, -0.25) is 0 Å². The Kier molecular flexibility index (Phi) is 6.46. The van der Waals surface area contributed by atoms with E-state index in [-0.39, 0.29) is 0 Å². The van der Waals surface area contributed by atoms with Crippen molar-refractivity contribution in [3.63, 3.8) is 0 Å². The van der Waals surface area contributed by atoms with Crippen molar-refractivity contribution in [3.05, 3.63) is 142 Å². The van der Waals surface area contributed by atoms with Crippen LogP contribution in [0.4, 0.5) is 0 Å². The molecule has 0 amide bonds. The first kappa shape index (κ1) is 22.2. The van der Waals surface area contributed by atoms with Gasteiger partial charge in [-0.1, -0.05) is 113 Å². The highest BCUT2D eigenvalue weighted by Gasteiger charge is 2.29. The second kappa shape index (κ2) is 9.62. The van der Waals surface area contributed by atoms with E-state index in [1.54, 1.807) is 0 Å². The predicted octanol–water partition coefficient (Wildman–Crippen LogP) is 6.30. The molecule has 1 nitrogen and oxygen atoms in total. The van der Waals surface area contributed by atoms with Gasteiger partial charge in [-0.2, -0.15) is 0 Å². The Morgan fingerprint density at radius 2 is 0.939 bits per heavy atom. The molecule has 4 rings (SSSR count). The van der Waals surface area contributed by atoms with Gasteiger partial charge in [0, 0.05) is 27.8 Å². The van der Waals surface area contributed by atoms with Gasteiger partial charge in [0.2, 0.25) is 0 Å². The van der Waals surface area contributed by atoms with Crippen molar-refractivity contribution < 1.29 is 5.11 Å². The summed E-state index contributed by atoms with van der Waals surface area (Å²) < 4.78 is 0. The quantitative estimate of drug-likeness (QED) is 0.373. The maximum absolute atomic E-state index is 11.8. The normalized spacial score (nSPS) is 10.5. The lowest BCUT2D eigenvalue weighted by atomic mass is 9.85. The van der Waals surface area contributed by atoms with Gasteiger partial charge in [0.1, 0.15) is 0 Å². The Bertz CT molecular complexity index is 1320. The van der Waals surface area contributed by atoms with Gasteiger partial charge in [-0.05, 0) is 45.0 Å². The summed E-state index contributed by atoms with van der Waals surface area (Å²) in [6.07, 6.45) is 0. The average molecular weight is 427 g/mol. The van der Waals surface area contributed by atoms with E-state index in [0.29, 0.717) is 0 Å². The van der Waals surface area contributed by atoms with Crippen LogP contribution in [0.1, 0.15) is 44.5 Å². The van der Waals surface area contributed by atoms with Crippen LogP contribution in [-0.4, -0.2) is 5.11 Å². The minimum absolute atomic E-state index is 0.743. The molecule has 0 saturated heterocycles. The molecule has 160 valence electrons. The minimum atomic E-state index is -1.43. The van der Waals surface area contributed by atoms with Crippen LogP contribution < -0.4 is 0 Å². The highest BCUT2D eigenvalue weighted by atomic mass is 16.3. The Morgan fingerprint density at radius 1 is 0.515 bits per heavy atom. The van der Waals surface area contributed by atoms with Crippen LogP contribution >= 0.6 is 0 Å². The standard InChI is InChI=1S/C32H26O/c1-24-8-14-27(15-9-24)16-17-28-6-4-5-7-29(28)22-23-32(33,30-18-10-25(2)11-19-30)31-20-12-26(3)13-21-31/h4-15,18-21,33H,1-3H3.